The Kier molecular flexibility index (Phi) is 3.26. The molecule has 5 nitrogen and oxygen atoms in total. The third kappa shape index (κ3) is 3.10. The number of hydrogen-bond acceptors (Lipinski definition) is 3. The summed E-state index contributed by atoms with van der Waals surface area (Å²) in [7, 11) is 0. The predicted octanol–water partition coefficient (Wildman–Crippen LogP) is 1.59. The number of halogens is 3. The second-order valence-corrected chi connectivity index (χ2v) is 2.99. The summed E-state index contributed by atoms with van der Waals surface area (Å²) in [5.41, 5.74) is -0.979. The number of carbonyl (C=O) groups is 2. The number of alkyl halides is 3. The summed E-state index contributed by atoms with van der Waals surface area (Å²) < 4.78 is 35.7. The molecule has 0 spiro atoms. The van der Waals surface area contributed by atoms with Gasteiger partial charge in [0, 0.05) is 0 Å². The Morgan fingerprint density at radius 3 is 2.29 bits per heavy atom. The lowest BCUT2D eigenvalue weighted by Crippen LogP contribution is -2.30. The number of nitrogens with one attached hydrogen (secondary N) is 1. The summed E-state index contributed by atoms with van der Waals surface area (Å²) in [5.74, 6) is -4.35. The van der Waals surface area contributed by atoms with Crippen LogP contribution >= 0.6 is 0 Å². The van der Waals surface area contributed by atoms with Gasteiger partial charge in [-0.05, 0) is 18.2 Å². The molecule has 0 saturated carbocycles. The van der Waals surface area contributed by atoms with Gasteiger partial charge in [0.05, 0.1) is 11.3 Å². The van der Waals surface area contributed by atoms with E-state index in [4.69, 9.17) is 10.2 Å². The monoisotopic (exact) mass is 249 g/mol. The highest BCUT2D eigenvalue weighted by Gasteiger charge is 2.39. The number of phenols is 1. The molecular weight excluding hydrogens is 243 g/mol. The topological polar surface area (TPSA) is 86.6 Å². The molecule has 0 saturated heterocycles. The van der Waals surface area contributed by atoms with Crippen LogP contribution in [0.5, 0.6) is 5.75 Å². The Morgan fingerprint density at radius 1 is 1.24 bits per heavy atom. The number of amides is 1. The van der Waals surface area contributed by atoms with Crippen molar-refractivity contribution in [2.45, 2.75) is 6.18 Å². The van der Waals surface area contributed by atoms with Gasteiger partial charge < -0.3 is 15.5 Å². The number of carbonyl (C=O) groups excluding carboxylic acids is 1. The molecule has 0 aliphatic heterocycles. The van der Waals surface area contributed by atoms with Crippen molar-refractivity contribution in [3.05, 3.63) is 23.8 Å². The third-order valence-electron chi connectivity index (χ3n) is 1.75. The first-order valence-corrected chi connectivity index (χ1v) is 4.16. The molecule has 92 valence electrons. The van der Waals surface area contributed by atoms with Crippen LogP contribution in [0.3, 0.4) is 0 Å². The maximum atomic E-state index is 11.9. The van der Waals surface area contributed by atoms with Crippen LogP contribution < -0.4 is 5.32 Å². The molecule has 1 aromatic carbocycles. The highest BCUT2D eigenvalue weighted by atomic mass is 19.4. The number of rotatable bonds is 2. The van der Waals surface area contributed by atoms with E-state index in [9.17, 15) is 22.8 Å². The summed E-state index contributed by atoms with van der Waals surface area (Å²) in [6.45, 7) is 0. The van der Waals surface area contributed by atoms with E-state index >= 15 is 0 Å². The molecule has 0 aliphatic rings. The van der Waals surface area contributed by atoms with Gasteiger partial charge in [0.2, 0.25) is 0 Å². The molecule has 3 N–H and O–H groups in total. The van der Waals surface area contributed by atoms with E-state index in [0.29, 0.717) is 0 Å². The smallest absolute Gasteiger partial charge is 0.471 e. The molecule has 0 bridgehead atoms. The normalized spacial score (nSPS) is 11.0. The van der Waals surface area contributed by atoms with Crippen LogP contribution in [0.15, 0.2) is 18.2 Å². The zero-order valence-corrected chi connectivity index (χ0v) is 8.08. The first kappa shape index (κ1) is 12.8. The number of carboxylic acids is 1. The maximum Gasteiger partial charge on any atom is 0.471 e. The Bertz CT molecular complexity index is 470. The van der Waals surface area contributed by atoms with Crippen LogP contribution in [0.1, 0.15) is 10.4 Å². The van der Waals surface area contributed by atoms with Crippen molar-refractivity contribution in [1.82, 2.24) is 0 Å². The highest BCUT2D eigenvalue weighted by Crippen LogP contribution is 2.26. The second kappa shape index (κ2) is 4.32. The SMILES string of the molecule is O=C(O)c1ccc(O)c(NC(=O)C(F)(F)F)c1. The average Bonchev–Trinajstić information content (AvgIpc) is 2.19. The van der Waals surface area contributed by atoms with Gasteiger partial charge >= 0.3 is 18.1 Å². The van der Waals surface area contributed by atoms with E-state index in [-0.39, 0.29) is 5.56 Å². The van der Waals surface area contributed by atoms with E-state index in [0.717, 1.165) is 18.2 Å². The average molecular weight is 249 g/mol. The minimum Gasteiger partial charge on any atom is -0.506 e. The second-order valence-electron chi connectivity index (χ2n) is 2.99. The molecular formula is C9H6F3NO4. The third-order valence-corrected chi connectivity index (χ3v) is 1.75. The van der Waals surface area contributed by atoms with Gasteiger partial charge in [-0.2, -0.15) is 13.2 Å². The Hall–Kier alpha value is -2.25. The number of phenolic OH excluding ortho intramolecular Hbond substituents is 1. The quantitative estimate of drug-likeness (QED) is 0.694. The summed E-state index contributed by atoms with van der Waals surface area (Å²) in [5, 5.41) is 19.1. The molecule has 0 fully saturated rings. The number of benzene rings is 1. The maximum absolute atomic E-state index is 11.9. The molecule has 1 rings (SSSR count). The van der Waals surface area contributed by atoms with E-state index in [2.05, 4.69) is 0 Å². The Morgan fingerprint density at radius 2 is 1.82 bits per heavy atom. The molecule has 8 heteroatoms. The fourth-order valence-corrected chi connectivity index (χ4v) is 0.962. The number of aromatic carboxylic acids is 1. The van der Waals surface area contributed by atoms with Crippen molar-refractivity contribution in [2.75, 3.05) is 5.32 Å². The van der Waals surface area contributed by atoms with Crippen LogP contribution in [-0.4, -0.2) is 28.3 Å². The van der Waals surface area contributed by atoms with Crippen molar-refractivity contribution in [3.63, 3.8) is 0 Å². The lowest BCUT2D eigenvalue weighted by molar-refractivity contribution is -0.167. The molecule has 1 aromatic rings. The van der Waals surface area contributed by atoms with Gasteiger partial charge in [0.25, 0.3) is 0 Å². The van der Waals surface area contributed by atoms with E-state index in [1.54, 1.807) is 0 Å². The summed E-state index contributed by atoms with van der Waals surface area (Å²) in [6.07, 6.45) is -5.12. The molecule has 0 heterocycles. The zero-order chi connectivity index (χ0) is 13.2. The lowest BCUT2D eigenvalue weighted by Gasteiger charge is -2.09. The van der Waals surface area contributed by atoms with Crippen LogP contribution in [-0.2, 0) is 4.79 Å². The summed E-state index contributed by atoms with van der Waals surface area (Å²) >= 11 is 0. The van der Waals surface area contributed by atoms with E-state index in [1.807, 2.05) is 0 Å². The lowest BCUT2D eigenvalue weighted by atomic mass is 10.2. The van der Waals surface area contributed by atoms with E-state index in [1.165, 1.54) is 5.32 Å². The molecule has 0 atom stereocenters. The van der Waals surface area contributed by atoms with Gasteiger partial charge in [-0.25, -0.2) is 4.79 Å². The minimum atomic E-state index is -5.12. The molecule has 0 unspecified atom stereocenters. The van der Waals surface area contributed by atoms with Gasteiger partial charge in [-0.15, -0.1) is 0 Å². The number of anilines is 1. The molecule has 0 radical (unpaired) electrons. The van der Waals surface area contributed by atoms with E-state index < -0.39 is 29.5 Å². The van der Waals surface area contributed by atoms with Crippen LogP contribution in [0.25, 0.3) is 0 Å². The van der Waals surface area contributed by atoms with Gasteiger partial charge in [-0.1, -0.05) is 0 Å². The van der Waals surface area contributed by atoms with Crippen LogP contribution in [0.4, 0.5) is 18.9 Å². The van der Waals surface area contributed by atoms with Crippen LogP contribution in [0, 0.1) is 0 Å². The fourth-order valence-electron chi connectivity index (χ4n) is 0.962. The fraction of sp³-hybridized carbons (Fsp3) is 0.111. The largest absolute Gasteiger partial charge is 0.506 e. The summed E-state index contributed by atoms with van der Waals surface area (Å²) in [6, 6.07) is 2.58. The van der Waals surface area contributed by atoms with Crippen molar-refractivity contribution in [1.29, 1.82) is 0 Å². The van der Waals surface area contributed by atoms with Crippen molar-refractivity contribution >= 4 is 17.6 Å². The molecule has 1 amide bonds. The van der Waals surface area contributed by atoms with Gasteiger partial charge in [-0.3, -0.25) is 4.79 Å². The standard InChI is InChI=1S/C9H6F3NO4/c10-9(11,12)8(17)13-5-3-4(7(15)16)1-2-6(5)14/h1-3,14H,(H,13,17)(H,15,16). The van der Waals surface area contributed by atoms with Crippen molar-refractivity contribution in [2.24, 2.45) is 0 Å². The van der Waals surface area contributed by atoms with Crippen molar-refractivity contribution < 1.29 is 33.0 Å². The minimum absolute atomic E-state index is 0.361. The summed E-state index contributed by atoms with van der Waals surface area (Å²) in [4.78, 5) is 21.1. The highest BCUT2D eigenvalue weighted by molar-refractivity contribution is 5.98. The van der Waals surface area contributed by atoms with Crippen LogP contribution in [0.2, 0.25) is 0 Å². The first-order valence-electron chi connectivity index (χ1n) is 4.16. The number of carboxylic acid groups (broad SMARTS) is 1. The Labute approximate surface area is 92.5 Å². The Balaban J connectivity index is 3.02. The predicted molar refractivity (Wildman–Crippen MR) is 49.8 cm³/mol. The van der Waals surface area contributed by atoms with Gasteiger partial charge in [0.15, 0.2) is 0 Å². The number of aromatic hydroxyl groups is 1. The first-order chi connectivity index (χ1) is 7.71. The molecule has 0 aliphatic carbocycles. The molecule has 17 heavy (non-hydrogen) atoms. The molecule has 0 aromatic heterocycles. The van der Waals surface area contributed by atoms with Gasteiger partial charge in [0.1, 0.15) is 5.75 Å². The van der Waals surface area contributed by atoms with Crippen molar-refractivity contribution in [3.8, 4) is 5.75 Å². The number of hydrogen-bond donors (Lipinski definition) is 3. The zero-order valence-electron chi connectivity index (χ0n) is 8.08.